The van der Waals surface area contributed by atoms with Crippen molar-refractivity contribution in [2.75, 3.05) is 34.7 Å². The van der Waals surface area contributed by atoms with Gasteiger partial charge in [0.2, 0.25) is 0 Å². The number of hydrogen-bond acceptors (Lipinski definition) is 6. The lowest BCUT2D eigenvalue weighted by atomic mass is 9.82. The topological polar surface area (TPSA) is 72.9 Å². The quantitative estimate of drug-likeness (QED) is 0.507. The van der Waals surface area contributed by atoms with Gasteiger partial charge in [0.25, 0.3) is 0 Å². The summed E-state index contributed by atoms with van der Waals surface area (Å²) in [5, 5.41) is 3.15. The molecule has 0 radical (unpaired) electrons. The largest absolute Gasteiger partial charge is 0.320 e. The molecule has 2 saturated carbocycles. The Balaban J connectivity index is 2.01. The molecule has 0 bridgehead atoms. The fourth-order valence-corrected chi connectivity index (χ4v) is 7.33. The second-order valence-corrected chi connectivity index (χ2v) is 11.5. The summed E-state index contributed by atoms with van der Waals surface area (Å²) in [6.07, 6.45) is 7.70. The monoisotopic (exact) mass is 393 g/mol. The van der Waals surface area contributed by atoms with Gasteiger partial charge in [0.1, 0.15) is 0 Å². The molecule has 3 atom stereocenters. The molecule has 0 saturated heterocycles. The molecule has 0 amide bonds. The van der Waals surface area contributed by atoms with E-state index >= 15 is 0 Å². The van der Waals surface area contributed by atoms with Gasteiger partial charge in [-0.25, -0.2) is 0 Å². The molecule has 0 aromatic carbocycles. The van der Waals surface area contributed by atoms with Gasteiger partial charge in [-0.05, 0) is 85.6 Å². The van der Waals surface area contributed by atoms with E-state index in [9.17, 15) is 13.0 Å². The van der Waals surface area contributed by atoms with Crippen molar-refractivity contribution in [3.8, 4) is 0 Å². The fraction of sp³-hybridized carbons (Fsp3) is 1.00. The van der Waals surface area contributed by atoms with Gasteiger partial charge in [-0.2, -0.15) is 8.42 Å². The van der Waals surface area contributed by atoms with Gasteiger partial charge >= 0.3 is 9.15 Å². The molecule has 0 heterocycles. The average molecular weight is 394 g/mol. The molecule has 0 spiro atoms. The maximum absolute atomic E-state index is 11.5. The van der Waals surface area contributed by atoms with Crippen LogP contribution in [0, 0.1) is 5.92 Å². The smallest absolute Gasteiger partial charge is 0.319 e. The van der Waals surface area contributed by atoms with E-state index in [1.165, 1.54) is 25.7 Å². The van der Waals surface area contributed by atoms with Gasteiger partial charge in [0.15, 0.2) is 0 Å². The number of rotatable bonds is 7. The first-order valence-corrected chi connectivity index (χ1v) is 12.2. The van der Waals surface area contributed by atoms with E-state index in [1.54, 1.807) is 0 Å². The van der Waals surface area contributed by atoms with Crippen LogP contribution in [0.2, 0.25) is 0 Å². The lowest BCUT2D eigenvalue weighted by molar-refractivity contribution is 0.0822. The zero-order valence-corrected chi connectivity index (χ0v) is 17.7. The molecule has 148 valence electrons. The SMILES string of the molecule is CNCC1CCC(N(C)C2CCC(N(C)C)CC2)C(SS(=O)(=O)O)C1. The summed E-state index contributed by atoms with van der Waals surface area (Å²) in [6, 6.07) is 1.41. The normalized spacial score (nSPS) is 34.6. The first-order valence-electron chi connectivity index (χ1n) is 9.40. The van der Waals surface area contributed by atoms with Gasteiger partial charge in [0, 0.05) is 34.2 Å². The highest BCUT2D eigenvalue weighted by atomic mass is 33.1. The molecular weight excluding hydrogens is 358 g/mol. The highest BCUT2D eigenvalue weighted by Gasteiger charge is 2.38. The molecule has 2 rings (SSSR count). The molecule has 2 aliphatic carbocycles. The van der Waals surface area contributed by atoms with Gasteiger partial charge in [-0.3, -0.25) is 9.45 Å². The van der Waals surface area contributed by atoms with Crippen LogP contribution in [0.1, 0.15) is 44.9 Å². The molecule has 0 aromatic heterocycles. The van der Waals surface area contributed by atoms with Crippen LogP contribution in [0.3, 0.4) is 0 Å². The highest BCUT2D eigenvalue weighted by molar-refractivity contribution is 8.70. The Kier molecular flexibility index (Phi) is 8.04. The minimum Gasteiger partial charge on any atom is -0.319 e. The Hall–Kier alpha value is 0.140. The standard InChI is InChI=1S/C17H35N3O3S2/c1-18-12-13-5-10-16(17(11-13)24-25(21,22)23)20(4)15-8-6-14(7-9-15)19(2)3/h13-18H,5-12H2,1-4H3,(H,21,22,23). The van der Waals surface area contributed by atoms with E-state index in [4.69, 9.17) is 0 Å². The molecule has 3 unspecified atom stereocenters. The third kappa shape index (κ3) is 6.36. The Morgan fingerprint density at radius 1 is 1.04 bits per heavy atom. The van der Waals surface area contributed by atoms with Crippen LogP contribution < -0.4 is 5.32 Å². The summed E-state index contributed by atoms with van der Waals surface area (Å²) in [5.41, 5.74) is 0. The highest BCUT2D eigenvalue weighted by Crippen LogP contribution is 2.39. The summed E-state index contributed by atoms with van der Waals surface area (Å²) in [5.74, 6) is 0.485. The Morgan fingerprint density at radius 2 is 1.64 bits per heavy atom. The van der Waals surface area contributed by atoms with Crippen LogP contribution in [-0.4, -0.2) is 80.9 Å². The van der Waals surface area contributed by atoms with E-state index in [0.717, 1.165) is 36.6 Å². The Morgan fingerprint density at radius 3 is 2.16 bits per heavy atom. The maximum Gasteiger partial charge on any atom is 0.320 e. The number of hydrogen-bond donors (Lipinski definition) is 2. The van der Waals surface area contributed by atoms with Crippen LogP contribution >= 0.6 is 10.8 Å². The number of nitrogens with zero attached hydrogens (tertiary/aromatic N) is 2. The number of nitrogens with one attached hydrogen (secondary N) is 1. The van der Waals surface area contributed by atoms with Gasteiger partial charge in [0.05, 0.1) is 0 Å². The molecule has 6 nitrogen and oxygen atoms in total. The van der Waals surface area contributed by atoms with Crippen molar-refractivity contribution in [3.05, 3.63) is 0 Å². The second-order valence-electron chi connectivity index (χ2n) is 7.96. The van der Waals surface area contributed by atoms with Crippen LogP contribution in [0.5, 0.6) is 0 Å². The van der Waals surface area contributed by atoms with E-state index in [-0.39, 0.29) is 11.3 Å². The van der Waals surface area contributed by atoms with Crippen LogP contribution in [0.25, 0.3) is 0 Å². The molecule has 25 heavy (non-hydrogen) atoms. The summed E-state index contributed by atoms with van der Waals surface area (Å²) in [4.78, 5) is 4.74. The Labute approximate surface area is 157 Å². The van der Waals surface area contributed by atoms with E-state index in [1.807, 2.05) is 7.05 Å². The van der Waals surface area contributed by atoms with Crippen molar-refractivity contribution in [2.45, 2.75) is 68.3 Å². The van der Waals surface area contributed by atoms with Crippen molar-refractivity contribution in [2.24, 2.45) is 5.92 Å². The lowest BCUT2D eigenvalue weighted by Gasteiger charge is -2.45. The van der Waals surface area contributed by atoms with Crippen molar-refractivity contribution < 1.29 is 13.0 Å². The molecule has 8 heteroatoms. The first kappa shape index (κ1) is 21.4. The van der Waals surface area contributed by atoms with Crippen molar-refractivity contribution >= 4 is 19.9 Å². The lowest BCUT2D eigenvalue weighted by Crippen LogP contribution is -2.51. The van der Waals surface area contributed by atoms with Crippen LogP contribution in [-0.2, 0) is 9.15 Å². The molecular formula is C17H35N3O3S2. The third-order valence-electron chi connectivity index (χ3n) is 6.10. The first-order chi connectivity index (χ1) is 11.7. The maximum atomic E-state index is 11.5. The van der Waals surface area contributed by atoms with Crippen LogP contribution in [0.15, 0.2) is 0 Å². The van der Waals surface area contributed by atoms with Gasteiger partial charge in [-0.1, -0.05) is 0 Å². The van der Waals surface area contributed by atoms with E-state index < -0.39 is 9.15 Å². The fourth-order valence-electron chi connectivity index (χ4n) is 4.65. The molecule has 0 aromatic rings. The average Bonchev–Trinajstić information content (AvgIpc) is 2.53. The van der Waals surface area contributed by atoms with Crippen molar-refractivity contribution in [1.82, 2.24) is 15.1 Å². The summed E-state index contributed by atoms with van der Waals surface area (Å²) in [7, 11) is 5.14. The zero-order valence-electron chi connectivity index (χ0n) is 16.0. The van der Waals surface area contributed by atoms with Crippen LogP contribution in [0.4, 0.5) is 0 Å². The van der Waals surface area contributed by atoms with Gasteiger partial charge < -0.3 is 10.2 Å². The Bertz CT molecular complexity index is 507. The van der Waals surface area contributed by atoms with Crippen molar-refractivity contribution in [3.63, 3.8) is 0 Å². The molecule has 2 fully saturated rings. The minimum atomic E-state index is -4.02. The summed E-state index contributed by atoms with van der Waals surface area (Å²) in [6.45, 7) is 0.910. The summed E-state index contributed by atoms with van der Waals surface area (Å²) >= 11 is 0. The predicted molar refractivity (Wildman–Crippen MR) is 105 cm³/mol. The minimum absolute atomic E-state index is 0.0568. The second kappa shape index (κ2) is 9.37. The van der Waals surface area contributed by atoms with Gasteiger partial charge in [-0.15, -0.1) is 0 Å². The summed E-state index contributed by atoms with van der Waals surface area (Å²) < 4.78 is 32.4. The van der Waals surface area contributed by atoms with E-state index in [0.29, 0.717) is 18.0 Å². The molecule has 0 aliphatic heterocycles. The van der Waals surface area contributed by atoms with Crippen molar-refractivity contribution in [1.29, 1.82) is 0 Å². The third-order valence-corrected chi connectivity index (χ3v) is 8.57. The predicted octanol–water partition coefficient (Wildman–Crippen LogP) is 2.08. The molecule has 2 aliphatic rings. The van der Waals surface area contributed by atoms with E-state index in [2.05, 4.69) is 36.3 Å². The molecule has 2 N–H and O–H groups in total. The zero-order chi connectivity index (χ0) is 18.6.